The van der Waals surface area contributed by atoms with E-state index in [1.165, 1.54) is 11.8 Å². The van der Waals surface area contributed by atoms with Crippen LogP contribution in [0.25, 0.3) is 0 Å². The van der Waals surface area contributed by atoms with Crippen molar-refractivity contribution in [2.45, 2.75) is 30.5 Å². The Bertz CT molecular complexity index is 659. The van der Waals surface area contributed by atoms with Gasteiger partial charge in [-0.15, -0.1) is 5.10 Å². The monoisotopic (exact) mass is 289 g/mol. The van der Waals surface area contributed by atoms with Gasteiger partial charge in [0.15, 0.2) is 5.16 Å². The fourth-order valence-electron chi connectivity index (χ4n) is 2.07. The van der Waals surface area contributed by atoms with Gasteiger partial charge in [0.05, 0.1) is 5.75 Å². The van der Waals surface area contributed by atoms with E-state index in [2.05, 4.69) is 10.2 Å². The van der Waals surface area contributed by atoms with E-state index >= 15 is 0 Å². The third-order valence-electron chi connectivity index (χ3n) is 3.19. The van der Waals surface area contributed by atoms with Crippen molar-refractivity contribution in [3.05, 3.63) is 46.4 Å². The Morgan fingerprint density at radius 2 is 2.10 bits per heavy atom. The van der Waals surface area contributed by atoms with Crippen LogP contribution in [0.2, 0.25) is 0 Å². The summed E-state index contributed by atoms with van der Waals surface area (Å²) in [5, 5.41) is 7.07. The number of Topliss-reactive ketones (excluding diaryl/α,β-unsaturated/α-hetero) is 1. The number of aromatic amines is 1. The number of nitrogens with one attached hydrogen (secondary N) is 1. The van der Waals surface area contributed by atoms with Crippen LogP contribution in [0.3, 0.4) is 0 Å². The molecule has 104 valence electrons. The van der Waals surface area contributed by atoms with Crippen molar-refractivity contribution < 1.29 is 4.79 Å². The largest absolute Gasteiger partial charge is 0.344 e. The molecule has 1 aromatic carbocycles. The Labute approximate surface area is 120 Å². The van der Waals surface area contributed by atoms with Crippen molar-refractivity contribution in [2.24, 2.45) is 0 Å². The van der Waals surface area contributed by atoms with Gasteiger partial charge < -0.3 is 0 Å². The number of carbonyl (C=O) groups is 1. The summed E-state index contributed by atoms with van der Waals surface area (Å²) in [5.74, 6) is 0.477. The Hall–Kier alpha value is -1.82. The average molecular weight is 289 g/mol. The van der Waals surface area contributed by atoms with E-state index in [0.29, 0.717) is 17.3 Å². The molecule has 1 fully saturated rings. The lowest BCUT2D eigenvalue weighted by molar-refractivity contribution is -0.116. The van der Waals surface area contributed by atoms with Crippen LogP contribution in [0.1, 0.15) is 24.4 Å². The fourth-order valence-corrected chi connectivity index (χ4v) is 2.94. The van der Waals surface area contributed by atoms with Crippen LogP contribution in [0.4, 0.5) is 0 Å². The first kappa shape index (κ1) is 13.2. The third-order valence-corrected chi connectivity index (χ3v) is 4.20. The minimum absolute atomic E-state index is 0.138. The molecule has 6 heteroatoms. The van der Waals surface area contributed by atoms with Gasteiger partial charge in [-0.2, -0.15) is 0 Å². The summed E-state index contributed by atoms with van der Waals surface area (Å²) in [6.07, 6.45) is 2.46. The maximum atomic E-state index is 11.9. The third kappa shape index (κ3) is 3.01. The second-order valence-electron chi connectivity index (χ2n) is 4.90. The molecule has 1 saturated carbocycles. The highest BCUT2D eigenvalue weighted by molar-refractivity contribution is 7.99. The lowest BCUT2D eigenvalue weighted by Gasteiger charge is -2.03. The van der Waals surface area contributed by atoms with Crippen LogP contribution < -0.4 is 5.69 Å². The maximum Gasteiger partial charge on any atom is 0.344 e. The Balaban J connectivity index is 1.59. The molecular weight excluding hydrogens is 274 g/mol. The summed E-state index contributed by atoms with van der Waals surface area (Å²) in [4.78, 5) is 23.5. The molecule has 0 radical (unpaired) electrons. The number of benzene rings is 1. The molecule has 20 heavy (non-hydrogen) atoms. The molecule has 0 amide bonds. The molecule has 2 aromatic rings. The van der Waals surface area contributed by atoms with Crippen molar-refractivity contribution >= 4 is 17.5 Å². The van der Waals surface area contributed by atoms with Crippen LogP contribution in [-0.2, 0) is 11.2 Å². The molecule has 0 unspecified atom stereocenters. The SMILES string of the molecule is O=C(CSc1n[nH]c(=O)n1C1CC1)Cc1ccccc1. The molecule has 1 aromatic heterocycles. The first-order valence-corrected chi connectivity index (χ1v) is 7.58. The van der Waals surface area contributed by atoms with Gasteiger partial charge in [-0.3, -0.25) is 9.36 Å². The predicted molar refractivity (Wildman–Crippen MR) is 77.0 cm³/mol. The van der Waals surface area contributed by atoms with E-state index in [-0.39, 0.29) is 17.5 Å². The number of aromatic nitrogens is 3. The number of ketones is 1. The summed E-state index contributed by atoms with van der Waals surface area (Å²) >= 11 is 1.33. The number of rotatable bonds is 6. The van der Waals surface area contributed by atoms with Gasteiger partial charge in [0.1, 0.15) is 5.78 Å². The van der Waals surface area contributed by atoms with Crippen LogP contribution in [-0.4, -0.2) is 26.3 Å². The van der Waals surface area contributed by atoms with E-state index in [9.17, 15) is 9.59 Å². The number of hydrogen-bond acceptors (Lipinski definition) is 4. The van der Waals surface area contributed by atoms with Crippen molar-refractivity contribution in [3.63, 3.8) is 0 Å². The summed E-state index contributed by atoms with van der Waals surface area (Å²) in [5.41, 5.74) is 0.838. The van der Waals surface area contributed by atoms with Crippen molar-refractivity contribution in [1.82, 2.24) is 14.8 Å². The number of nitrogens with zero attached hydrogens (tertiary/aromatic N) is 2. The minimum atomic E-state index is -0.175. The van der Waals surface area contributed by atoms with Crippen molar-refractivity contribution in [2.75, 3.05) is 5.75 Å². The minimum Gasteiger partial charge on any atom is -0.298 e. The van der Waals surface area contributed by atoms with Crippen LogP contribution in [0.5, 0.6) is 0 Å². The van der Waals surface area contributed by atoms with Crippen molar-refractivity contribution in [1.29, 1.82) is 0 Å². The molecule has 0 saturated heterocycles. The highest BCUT2D eigenvalue weighted by atomic mass is 32.2. The molecule has 0 atom stereocenters. The van der Waals surface area contributed by atoms with Gasteiger partial charge in [-0.05, 0) is 18.4 Å². The summed E-state index contributed by atoms with van der Waals surface area (Å²) in [6, 6.07) is 9.94. The average Bonchev–Trinajstić information content (AvgIpc) is 3.21. The summed E-state index contributed by atoms with van der Waals surface area (Å²) in [7, 11) is 0. The zero-order chi connectivity index (χ0) is 13.9. The second kappa shape index (κ2) is 5.66. The number of hydrogen-bond donors (Lipinski definition) is 1. The first-order valence-electron chi connectivity index (χ1n) is 6.59. The lowest BCUT2D eigenvalue weighted by Crippen LogP contribution is -2.16. The van der Waals surface area contributed by atoms with E-state index in [0.717, 1.165) is 18.4 Å². The highest BCUT2D eigenvalue weighted by Gasteiger charge is 2.28. The zero-order valence-corrected chi connectivity index (χ0v) is 11.7. The molecule has 3 rings (SSSR count). The Morgan fingerprint density at radius 1 is 1.35 bits per heavy atom. The van der Waals surface area contributed by atoms with Gasteiger partial charge in [0.25, 0.3) is 0 Å². The fraction of sp³-hybridized carbons (Fsp3) is 0.357. The molecule has 1 heterocycles. The molecule has 1 aliphatic rings. The van der Waals surface area contributed by atoms with Crippen LogP contribution in [0.15, 0.2) is 40.3 Å². The van der Waals surface area contributed by atoms with E-state index in [1.54, 1.807) is 4.57 Å². The number of H-pyrrole nitrogens is 1. The highest BCUT2D eigenvalue weighted by Crippen LogP contribution is 2.35. The van der Waals surface area contributed by atoms with Crippen molar-refractivity contribution in [3.8, 4) is 0 Å². The molecule has 0 spiro atoms. The zero-order valence-electron chi connectivity index (χ0n) is 10.9. The van der Waals surface area contributed by atoms with Gasteiger partial charge in [-0.25, -0.2) is 9.89 Å². The first-order chi connectivity index (χ1) is 9.74. The smallest absolute Gasteiger partial charge is 0.298 e. The Kier molecular flexibility index (Phi) is 3.73. The molecular formula is C14H15N3O2S. The Morgan fingerprint density at radius 3 is 2.80 bits per heavy atom. The van der Waals surface area contributed by atoms with Gasteiger partial charge in [0.2, 0.25) is 0 Å². The molecule has 1 aliphatic carbocycles. The van der Waals surface area contributed by atoms with Gasteiger partial charge >= 0.3 is 5.69 Å². The normalized spacial score (nSPS) is 14.4. The summed E-state index contributed by atoms with van der Waals surface area (Å²) < 4.78 is 1.67. The lowest BCUT2D eigenvalue weighted by atomic mass is 10.1. The molecule has 5 nitrogen and oxygen atoms in total. The number of carbonyl (C=O) groups excluding carboxylic acids is 1. The van der Waals surface area contributed by atoms with E-state index < -0.39 is 0 Å². The predicted octanol–water partition coefficient (Wildman–Crippen LogP) is 1.81. The quantitative estimate of drug-likeness (QED) is 0.824. The number of thioether (sulfide) groups is 1. The van der Waals surface area contributed by atoms with Gasteiger partial charge in [-0.1, -0.05) is 42.1 Å². The standard InChI is InChI=1S/C14H15N3O2S/c18-12(8-10-4-2-1-3-5-10)9-20-14-16-15-13(19)17(14)11-6-7-11/h1-5,11H,6-9H2,(H,15,19). The maximum absolute atomic E-state index is 11.9. The molecule has 0 aliphatic heterocycles. The van der Waals surface area contributed by atoms with E-state index in [4.69, 9.17) is 0 Å². The molecule has 0 bridgehead atoms. The molecule has 1 N–H and O–H groups in total. The van der Waals surface area contributed by atoms with E-state index in [1.807, 2.05) is 30.3 Å². The summed E-state index contributed by atoms with van der Waals surface area (Å²) in [6.45, 7) is 0. The topological polar surface area (TPSA) is 67.8 Å². The second-order valence-corrected chi connectivity index (χ2v) is 5.84. The van der Waals surface area contributed by atoms with Gasteiger partial charge in [0, 0.05) is 12.5 Å². The van der Waals surface area contributed by atoms with Crippen LogP contribution in [0, 0.1) is 0 Å². The van der Waals surface area contributed by atoms with Crippen LogP contribution >= 0.6 is 11.8 Å².